The van der Waals surface area contributed by atoms with Gasteiger partial charge in [0, 0.05) is 43.3 Å². The van der Waals surface area contributed by atoms with E-state index in [0.717, 1.165) is 27.1 Å². The van der Waals surface area contributed by atoms with Crippen LogP contribution in [0.15, 0.2) is 36.5 Å². The van der Waals surface area contributed by atoms with Gasteiger partial charge in [0.15, 0.2) is 5.13 Å². The fourth-order valence-corrected chi connectivity index (χ4v) is 4.09. The molecule has 1 amide bonds. The predicted octanol–water partition coefficient (Wildman–Crippen LogP) is 3.96. The van der Waals surface area contributed by atoms with Crippen LogP contribution >= 0.6 is 11.3 Å². The summed E-state index contributed by atoms with van der Waals surface area (Å²) in [6.45, 7) is 3.94. The van der Waals surface area contributed by atoms with Gasteiger partial charge in [0.25, 0.3) is 0 Å². The van der Waals surface area contributed by atoms with Crippen molar-refractivity contribution in [3.05, 3.63) is 52.8 Å². The lowest BCUT2D eigenvalue weighted by Gasteiger charge is -2.34. The van der Waals surface area contributed by atoms with Crippen LogP contribution in [-0.2, 0) is 0 Å². The maximum Gasteiger partial charge on any atom is 0.407 e. The van der Waals surface area contributed by atoms with Crippen molar-refractivity contribution >= 4 is 46.3 Å². The van der Waals surface area contributed by atoms with Gasteiger partial charge in [-0.05, 0) is 30.7 Å². The fourth-order valence-electron chi connectivity index (χ4n) is 3.36. The SMILES string of the molecule is COc1cccc(/C=C/c2cnc(Nc3cc(N4CCN(C(=O)O)CC4)nc(C)n3)s2)c1. The Morgan fingerprint density at radius 3 is 2.75 bits per heavy atom. The van der Waals surface area contributed by atoms with Gasteiger partial charge in [0.2, 0.25) is 0 Å². The highest BCUT2D eigenvalue weighted by Gasteiger charge is 2.22. The maximum atomic E-state index is 11.1. The van der Waals surface area contributed by atoms with E-state index < -0.39 is 6.09 Å². The molecule has 1 aromatic carbocycles. The minimum absolute atomic E-state index is 0.455. The van der Waals surface area contributed by atoms with Gasteiger partial charge in [-0.2, -0.15) is 0 Å². The van der Waals surface area contributed by atoms with Crippen LogP contribution < -0.4 is 15.0 Å². The molecule has 0 bridgehead atoms. The van der Waals surface area contributed by atoms with E-state index in [1.807, 2.05) is 55.6 Å². The van der Waals surface area contributed by atoms with Crippen LogP contribution in [0.2, 0.25) is 0 Å². The third-order valence-electron chi connectivity index (χ3n) is 4.99. The van der Waals surface area contributed by atoms with Gasteiger partial charge in [-0.15, -0.1) is 0 Å². The number of nitrogens with zero attached hydrogens (tertiary/aromatic N) is 5. The minimum Gasteiger partial charge on any atom is -0.497 e. The molecule has 0 unspecified atom stereocenters. The van der Waals surface area contributed by atoms with Gasteiger partial charge in [-0.3, -0.25) is 0 Å². The van der Waals surface area contributed by atoms with Crippen LogP contribution in [0.3, 0.4) is 0 Å². The molecule has 1 aliphatic rings. The first-order chi connectivity index (χ1) is 15.5. The van der Waals surface area contributed by atoms with Gasteiger partial charge >= 0.3 is 6.09 Å². The summed E-state index contributed by atoms with van der Waals surface area (Å²) >= 11 is 1.52. The van der Waals surface area contributed by atoms with Crippen LogP contribution in [0.25, 0.3) is 12.2 Å². The number of anilines is 3. The van der Waals surface area contributed by atoms with E-state index in [2.05, 4.69) is 25.2 Å². The third-order valence-corrected chi connectivity index (χ3v) is 5.87. The molecule has 2 aromatic heterocycles. The average molecular weight is 453 g/mol. The van der Waals surface area contributed by atoms with Crippen LogP contribution in [0.5, 0.6) is 5.75 Å². The number of benzene rings is 1. The van der Waals surface area contributed by atoms with Crippen molar-refractivity contribution in [2.24, 2.45) is 0 Å². The molecule has 10 heteroatoms. The summed E-state index contributed by atoms with van der Waals surface area (Å²) < 4.78 is 5.26. The molecule has 0 spiro atoms. The van der Waals surface area contributed by atoms with Crippen molar-refractivity contribution in [2.75, 3.05) is 43.5 Å². The van der Waals surface area contributed by atoms with E-state index in [-0.39, 0.29) is 0 Å². The number of rotatable bonds is 6. The second-order valence-electron chi connectivity index (χ2n) is 7.22. The lowest BCUT2D eigenvalue weighted by atomic mass is 10.2. The number of carboxylic acid groups (broad SMARTS) is 1. The van der Waals surface area contributed by atoms with Gasteiger partial charge in [-0.1, -0.05) is 29.5 Å². The van der Waals surface area contributed by atoms with Crippen LogP contribution in [-0.4, -0.2) is 64.3 Å². The first kappa shape index (κ1) is 21.6. The number of carbonyl (C=O) groups is 1. The standard InChI is InChI=1S/C22H24N6O3S/c1-15-24-19(13-20(25-15)27-8-10-28(11-9-27)22(29)30)26-21-23-14-18(32-21)7-6-16-4-3-5-17(12-16)31-2/h3-7,12-14H,8-11H2,1-2H3,(H,29,30)(H,23,24,25,26)/b7-6+. The Hall–Kier alpha value is -3.66. The Labute approximate surface area is 190 Å². The zero-order valence-electron chi connectivity index (χ0n) is 17.9. The second-order valence-corrected chi connectivity index (χ2v) is 8.28. The lowest BCUT2D eigenvalue weighted by molar-refractivity contribution is 0.142. The molecule has 9 nitrogen and oxygen atoms in total. The van der Waals surface area contributed by atoms with Gasteiger partial charge in [-0.25, -0.2) is 19.7 Å². The molecular weight excluding hydrogens is 428 g/mol. The number of aryl methyl sites for hydroxylation is 1. The largest absolute Gasteiger partial charge is 0.497 e. The van der Waals surface area contributed by atoms with Gasteiger partial charge in [0.05, 0.1) is 7.11 Å². The van der Waals surface area contributed by atoms with E-state index in [4.69, 9.17) is 9.84 Å². The van der Waals surface area contributed by atoms with Crippen molar-refractivity contribution in [3.8, 4) is 5.75 Å². The van der Waals surface area contributed by atoms with Crippen molar-refractivity contribution in [1.29, 1.82) is 0 Å². The number of methoxy groups -OCH3 is 1. The quantitative estimate of drug-likeness (QED) is 0.579. The summed E-state index contributed by atoms with van der Waals surface area (Å²) in [7, 11) is 1.65. The molecule has 1 fully saturated rings. The van der Waals surface area contributed by atoms with E-state index in [1.54, 1.807) is 7.11 Å². The van der Waals surface area contributed by atoms with Gasteiger partial charge < -0.3 is 25.0 Å². The fraction of sp³-hybridized carbons (Fsp3) is 0.273. The molecule has 3 aromatic rings. The smallest absolute Gasteiger partial charge is 0.407 e. The highest BCUT2D eigenvalue weighted by Crippen LogP contribution is 2.26. The Bertz CT molecular complexity index is 1120. The molecule has 0 atom stereocenters. The summed E-state index contributed by atoms with van der Waals surface area (Å²) in [4.78, 5) is 29.1. The van der Waals surface area contributed by atoms with Crippen LogP contribution in [0.4, 0.5) is 21.6 Å². The number of ether oxygens (including phenoxy) is 1. The highest BCUT2D eigenvalue weighted by molar-refractivity contribution is 7.16. The van der Waals surface area contributed by atoms with Crippen LogP contribution in [0, 0.1) is 6.92 Å². The summed E-state index contributed by atoms with van der Waals surface area (Å²) in [6, 6.07) is 9.72. The number of hydrogen-bond donors (Lipinski definition) is 2. The van der Waals surface area contributed by atoms with E-state index in [1.165, 1.54) is 16.2 Å². The molecule has 32 heavy (non-hydrogen) atoms. The van der Waals surface area contributed by atoms with E-state index in [9.17, 15) is 4.79 Å². The number of hydrogen-bond acceptors (Lipinski definition) is 8. The third kappa shape index (κ3) is 5.33. The number of thiazole rings is 1. The van der Waals surface area contributed by atoms with E-state index in [0.29, 0.717) is 37.8 Å². The minimum atomic E-state index is -0.883. The number of piperazine rings is 1. The molecule has 0 aliphatic carbocycles. The zero-order valence-corrected chi connectivity index (χ0v) is 18.7. The van der Waals surface area contributed by atoms with Crippen molar-refractivity contribution in [2.45, 2.75) is 6.92 Å². The summed E-state index contributed by atoms with van der Waals surface area (Å²) in [5, 5.41) is 13.1. The molecule has 2 N–H and O–H groups in total. The normalized spacial score (nSPS) is 14.1. The number of aromatic nitrogens is 3. The molecular formula is C22H24N6O3S. The summed E-state index contributed by atoms with van der Waals surface area (Å²) in [6.07, 6.45) is 4.95. The van der Waals surface area contributed by atoms with Crippen molar-refractivity contribution < 1.29 is 14.6 Å². The Kier molecular flexibility index (Phi) is 6.50. The molecule has 166 valence electrons. The molecule has 0 radical (unpaired) electrons. The Morgan fingerprint density at radius 2 is 2.00 bits per heavy atom. The first-order valence-corrected chi connectivity index (χ1v) is 11.0. The van der Waals surface area contributed by atoms with Crippen molar-refractivity contribution in [1.82, 2.24) is 19.9 Å². The molecule has 4 rings (SSSR count). The Balaban J connectivity index is 1.43. The topological polar surface area (TPSA) is 104 Å². The van der Waals surface area contributed by atoms with Crippen LogP contribution in [0.1, 0.15) is 16.3 Å². The zero-order chi connectivity index (χ0) is 22.5. The highest BCUT2D eigenvalue weighted by atomic mass is 32.1. The molecule has 1 aliphatic heterocycles. The molecule has 1 saturated heterocycles. The lowest BCUT2D eigenvalue weighted by Crippen LogP contribution is -2.48. The first-order valence-electron chi connectivity index (χ1n) is 10.1. The molecule has 0 saturated carbocycles. The van der Waals surface area contributed by atoms with Gasteiger partial charge in [0.1, 0.15) is 23.2 Å². The summed E-state index contributed by atoms with van der Waals surface area (Å²) in [5.41, 5.74) is 1.05. The summed E-state index contributed by atoms with van der Waals surface area (Å²) in [5.74, 6) is 2.89. The number of nitrogens with one attached hydrogen (secondary N) is 1. The Morgan fingerprint density at radius 1 is 1.19 bits per heavy atom. The average Bonchev–Trinajstić information content (AvgIpc) is 3.24. The number of amides is 1. The van der Waals surface area contributed by atoms with Crippen molar-refractivity contribution in [3.63, 3.8) is 0 Å². The monoisotopic (exact) mass is 452 g/mol. The maximum absolute atomic E-state index is 11.1. The second kappa shape index (κ2) is 9.65. The van der Waals surface area contributed by atoms with E-state index >= 15 is 0 Å². The predicted molar refractivity (Wildman–Crippen MR) is 126 cm³/mol. The molecule has 3 heterocycles.